The summed E-state index contributed by atoms with van der Waals surface area (Å²) >= 11 is 0. The first-order valence-corrected chi connectivity index (χ1v) is 15.3. The summed E-state index contributed by atoms with van der Waals surface area (Å²) in [6.07, 6.45) is 8.78. The number of benzene rings is 3. The molecule has 0 N–H and O–H groups in total. The van der Waals surface area contributed by atoms with Gasteiger partial charge in [-0.25, -0.2) is 4.79 Å². The van der Waals surface area contributed by atoms with Crippen LogP contribution < -0.4 is 0 Å². The van der Waals surface area contributed by atoms with Crippen molar-refractivity contribution in [3.8, 4) is 0 Å². The third kappa shape index (κ3) is 11.6. The quantitative estimate of drug-likeness (QED) is 0.117. The van der Waals surface area contributed by atoms with Gasteiger partial charge in [0.15, 0.2) is 6.29 Å². The summed E-state index contributed by atoms with van der Waals surface area (Å²) in [5, 5.41) is 0. The number of ether oxygens (including phenoxy) is 7. The second-order valence-electron chi connectivity index (χ2n) is 10.3. The van der Waals surface area contributed by atoms with Crippen molar-refractivity contribution in [2.24, 2.45) is 0 Å². The Labute approximate surface area is 271 Å². The van der Waals surface area contributed by atoms with Crippen LogP contribution in [0.4, 0.5) is 4.79 Å². The third-order valence-corrected chi connectivity index (χ3v) is 6.99. The van der Waals surface area contributed by atoms with Gasteiger partial charge in [-0.1, -0.05) is 140 Å². The van der Waals surface area contributed by atoms with Crippen LogP contribution in [0.1, 0.15) is 16.7 Å². The summed E-state index contributed by atoms with van der Waals surface area (Å²) < 4.78 is 41.6. The third-order valence-electron chi connectivity index (χ3n) is 6.99. The van der Waals surface area contributed by atoms with Gasteiger partial charge in [-0.3, -0.25) is 0 Å². The molecule has 0 spiro atoms. The molecule has 0 bridgehead atoms. The molecule has 1 fully saturated rings. The number of rotatable bonds is 17. The van der Waals surface area contributed by atoms with Gasteiger partial charge in [0, 0.05) is 7.11 Å². The molecule has 1 heterocycles. The Morgan fingerprint density at radius 3 is 1.57 bits per heavy atom. The molecule has 0 unspecified atom stereocenters. The SMILES string of the molecule is C=CCOC(=O)OC[C@H]1O[C@H](OC)[C@H](OC/C=C/c2ccccc2)[C@@H](OC/C=C/c2ccccc2)[C@@H]1OC/C=C/c1ccccc1. The summed E-state index contributed by atoms with van der Waals surface area (Å²) in [7, 11) is 1.53. The van der Waals surface area contributed by atoms with Gasteiger partial charge < -0.3 is 33.2 Å². The molecule has 4 rings (SSSR count). The molecule has 0 saturated carbocycles. The predicted octanol–water partition coefficient (Wildman–Crippen LogP) is 6.99. The summed E-state index contributed by atoms with van der Waals surface area (Å²) in [6.45, 7) is 4.23. The summed E-state index contributed by atoms with van der Waals surface area (Å²) in [5.74, 6) is 0. The van der Waals surface area contributed by atoms with Crippen molar-refractivity contribution in [1.29, 1.82) is 0 Å². The Hall–Kier alpha value is -4.31. The van der Waals surface area contributed by atoms with Crippen molar-refractivity contribution < 1.29 is 38.0 Å². The monoisotopic (exact) mass is 626 g/mol. The molecule has 8 heteroatoms. The van der Waals surface area contributed by atoms with Gasteiger partial charge in [0.1, 0.15) is 37.6 Å². The van der Waals surface area contributed by atoms with Crippen LogP contribution in [0.5, 0.6) is 0 Å². The number of hydrogen-bond acceptors (Lipinski definition) is 8. The maximum absolute atomic E-state index is 12.2. The molecule has 242 valence electrons. The van der Waals surface area contributed by atoms with Crippen molar-refractivity contribution in [3.63, 3.8) is 0 Å². The lowest BCUT2D eigenvalue weighted by Crippen LogP contribution is -2.62. The Morgan fingerprint density at radius 1 is 0.652 bits per heavy atom. The smallest absolute Gasteiger partial charge is 0.431 e. The fraction of sp³-hybridized carbons (Fsp3) is 0.289. The molecule has 5 atom stereocenters. The van der Waals surface area contributed by atoms with E-state index < -0.39 is 36.9 Å². The maximum atomic E-state index is 12.2. The Bertz CT molecular complexity index is 1370. The zero-order valence-electron chi connectivity index (χ0n) is 26.1. The molecule has 8 nitrogen and oxygen atoms in total. The first kappa shape index (κ1) is 34.6. The summed E-state index contributed by atoms with van der Waals surface area (Å²) in [5.41, 5.74) is 3.15. The number of carbonyl (C=O) groups is 1. The molecule has 0 aliphatic carbocycles. The van der Waals surface area contributed by atoms with Gasteiger partial charge in [-0.2, -0.15) is 0 Å². The van der Waals surface area contributed by atoms with E-state index in [2.05, 4.69) is 6.58 Å². The van der Waals surface area contributed by atoms with Gasteiger partial charge >= 0.3 is 6.16 Å². The second-order valence-corrected chi connectivity index (χ2v) is 10.3. The van der Waals surface area contributed by atoms with Gasteiger partial charge in [0.2, 0.25) is 0 Å². The van der Waals surface area contributed by atoms with Crippen LogP contribution in [-0.4, -0.2) is 77.0 Å². The lowest BCUT2D eigenvalue weighted by molar-refractivity contribution is -0.313. The van der Waals surface area contributed by atoms with Gasteiger partial charge in [-0.05, 0) is 16.7 Å². The molecule has 0 radical (unpaired) electrons. The minimum atomic E-state index is -0.840. The average Bonchev–Trinajstić information content (AvgIpc) is 3.10. The molecule has 0 aromatic heterocycles. The minimum Gasteiger partial charge on any atom is -0.431 e. The molecule has 1 aliphatic heterocycles. The minimum absolute atomic E-state index is 0.0289. The summed E-state index contributed by atoms with van der Waals surface area (Å²) in [4.78, 5) is 12.2. The Morgan fingerprint density at radius 2 is 1.11 bits per heavy atom. The van der Waals surface area contributed by atoms with Crippen molar-refractivity contribution >= 4 is 24.4 Å². The van der Waals surface area contributed by atoms with Crippen molar-refractivity contribution in [2.75, 3.05) is 40.1 Å². The van der Waals surface area contributed by atoms with E-state index in [4.69, 9.17) is 33.2 Å². The van der Waals surface area contributed by atoms with Gasteiger partial charge in [-0.15, -0.1) is 0 Å². The highest BCUT2D eigenvalue weighted by Crippen LogP contribution is 2.29. The second kappa shape index (κ2) is 19.9. The molecular formula is C38H42O8. The van der Waals surface area contributed by atoms with Crippen LogP contribution in [0.2, 0.25) is 0 Å². The normalized spacial score (nSPS) is 21.5. The van der Waals surface area contributed by atoms with Crippen LogP contribution in [0.3, 0.4) is 0 Å². The number of carbonyl (C=O) groups excluding carboxylic acids is 1. The van der Waals surface area contributed by atoms with E-state index in [1.54, 1.807) is 0 Å². The lowest BCUT2D eigenvalue weighted by atomic mass is 9.98. The van der Waals surface area contributed by atoms with E-state index in [1.807, 2.05) is 127 Å². The highest BCUT2D eigenvalue weighted by atomic mass is 16.7. The van der Waals surface area contributed by atoms with Crippen molar-refractivity contribution in [3.05, 3.63) is 139 Å². The highest BCUT2D eigenvalue weighted by molar-refractivity contribution is 5.60. The molecule has 1 aliphatic rings. The predicted molar refractivity (Wildman–Crippen MR) is 179 cm³/mol. The highest BCUT2D eigenvalue weighted by Gasteiger charge is 2.49. The topological polar surface area (TPSA) is 81.7 Å². The van der Waals surface area contributed by atoms with Gasteiger partial charge in [0.05, 0.1) is 19.8 Å². The van der Waals surface area contributed by atoms with E-state index in [0.29, 0.717) is 0 Å². The zero-order chi connectivity index (χ0) is 32.2. The molecule has 3 aromatic carbocycles. The van der Waals surface area contributed by atoms with Crippen molar-refractivity contribution in [2.45, 2.75) is 30.7 Å². The molecular weight excluding hydrogens is 584 g/mol. The standard InChI is InChI=1S/C38H42O8/c1-3-25-44-38(39)45-29-33-34(41-26-13-22-30-16-7-4-8-17-30)35(42-27-14-23-31-18-9-5-10-19-31)36(37(40-2)46-33)43-28-15-24-32-20-11-6-12-21-32/h3-24,33-37H,1,25-29H2,2H3/b22-13+,23-14+,24-15+/t33-,34-,35+,36-,37+/m1/s1. The molecule has 3 aromatic rings. The van der Waals surface area contributed by atoms with Crippen molar-refractivity contribution in [1.82, 2.24) is 0 Å². The first-order chi connectivity index (χ1) is 22.7. The van der Waals surface area contributed by atoms with Crippen LogP contribution in [0.15, 0.2) is 122 Å². The molecule has 1 saturated heterocycles. The fourth-order valence-corrected chi connectivity index (χ4v) is 4.83. The number of methoxy groups -OCH3 is 1. The van der Waals surface area contributed by atoms with Crippen LogP contribution in [0.25, 0.3) is 18.2 Å². The molecule has 0 amide bonds. The Kier molecular flexibility index (Phi) is 15.0. The lowest BCUT2D eigenvalue weighted by Gasteiger charge is -2.45. The van der Waals surface area contributed by atoms with Crippen LogP contribution >= 0.6 is 0 Å². The number of hydrogen-bond donors (Lipinski definition) is 0. The first-order valence-electron chi connectivity index (χ1n) is 15.3. The largest absolute Gasteiger partial charge is 0.508 e. The average molecular weight is 627 g/mol. The van der Waals surface area contributed by atoms with E-state index >= 15 is 0 Å². The van der Waals surface area contributed by atoms with E-state index in [9.17, 15) is 4.79 Å². The maximum Gasteiger partial charge on any atom is 0.508 e. The van der Waals surface area contributed by atoms with E-state index in [-0.39, 0.29) is 33.0 Å². The van der Waals surface area contributed by atoms with Crippen LogP contribution in [-0.2, 0) is 33.2 Å². The Balaban J connectivity index is 1.54. The van der Waals surface area contributed by atoms with E-state index in [0.717, 1.165) is 16.7 Å². The molecule has 46 heavy (non-hydrogen) atoms. The van der Waals surface area contributed by atoms with Crippen LogP contribution in [0, 0.1) is 0 Å². The summed E-state index contributed by atoms with van der Waals surface area (Å²) in [6, 6.07) is 29.8. The van der Waals surface area contributed by atoms with Gasteiger partial charge in [0.25, 0.3) is 0 Å². The zero-order valence-corrected chi connectivity index (χ0v) is 26.1. The van der Waals surface area contributed by atoms with E-state index in [1.165, 1.54) is 13.2 Å². The fourth-order valence-electron chi connectivity index (χ4n) is 4.83.